The number of nitrogens with zero attached hydrogens (tertiary/aromatic N) is 1. The summed E-state index contributed by atoms with van der Waals surface area (Å²) in [6.07, 6.45) is 1.06. The second kappa shape index (κ2) is 12.5. The summed E-state index contributed by atoms with van der Waals surface area (Å²) in [4.78, 5) is 26.2. The summed E-state index contributed by atoms with van der Waals surface area (Å²) < 4.78 is 35.6. The van der Waals surface area contributed by atoms with Crippen molar-refractivity contribution in [2.45, 2.75) is 30.7 Å². The second-order valence-corrected chi connectivity index (χ2v) is 11.5. The number of hydrogen-bond donors (Lipinski definition) is 3. The molecule has 0 radical (unpaired) electrons. The minimum Gasteiger partial charge on any atom is -0.484 e. The van der Waals surface area contributed by atoms with Gasteiger partial charge in [-0.25, -0.2) is 13.1 Å². The number of ether oxygens (including phenoxy) is 1. The molecule has 11 heteroatoms. The standard InChI is InChI=1S/C28H31ClN4O5S/c1-19(20-5-3-2-4-6-20)32-39(36,37)26-17-23(31-27(34)18-38-24-10-7-22(29)8-11-24)9-12-25(26)33-15-13-21(14-16-33)28(30)35/h2-12,17,19,21,32H,13-16,18H2,1H3,(H2,30,35)(H,31,34)/t19-/m1/s1. The zero-order valence-corrected chi connectivity index (χ0v) is 23.0. The summed E-state index contributed by atoms with van der Waals surface area (Å²) in [5.41, 5.74) is 7.08. The predicted octanol–water partition coefficient (Wildman–Crippen LogP) is 4.10. The van der Waals surface area contributed by atoms with Crippen LogP contribution < -0.4 is 25.4 Å². The highest BCUT2D eigenvalue weighted by molar-refractivity contribution is 7.89. The van der Waals surface area contributed by atoms with Gasteiger partial charge in [-0.05, 0) is 67.8 Å². The number of piperidine rings is 1. The van der Waals surface area contributed by atoms with E-state index in [9.17, 15) is 18.0 Å². The largest absolute Gasteiger partial charge is 0.484 e. The SMILES string of the molecule is C[C@@H](NS(=O)(=O)c1cc(NC(=O)COc2ccc(Cl)cc2)ccc1N1CCC(C(N)=O)CC1)c1ccccc1. The van der Waals surface area contributed by atoms with Gasteiger partial charge in [0.05, 0.1) is 5.69 Å². The Morgan fingerprint density at radius 3 is 2.36 bits per heavy atom. The molecule has 9 nitrogen and oxygen atoms in total. The van der Waals surface area contributed by atoms with Gasteiger partial charge in [-0.3, -0.25) is 9.59 Å². The lowest BCUT2D eigenvalue weighted by Gasteiger charge is -2.33. The van der Waals surface area contributed by atoms with E-state index in [1.165, 1.54) is 6.07 Å². The van der Waals surface area contributed by atoms with E-state index in [1.807, 2.05) is 35.2 Å². The summed E-state index contributed by atoms with van der Waals surface area (Å²) in [6, 6.07) is 20.1. The fraction of sp³-hybridized carbons (Fsp3) is 0.286. The monoisotopic (exact) mass is 570 g/mol. The number of amides is 2. The minimum atomic E-state index is -4.01. The van der Waals surface area contributed by atoms with Gasteiger partial charge in [0.1, 0.15) is 10.6 Å². The number of rotatable bonds is 10. The minimum absolute atomic E-state index is 0.0271. The third-order valence-electron chi connectivity index (χ3n) is 6.59. The van der Waals surface area contributed by atoms with E-state index in [4.69, 9.17) is 22.1 Å². The number of carbonyl (C=O) groups excluding carboxylic acids is 2. The summed E-state index contributed by atoms with van der Waals surface area (Å²) >= 11 is 5.88. The summed E-state index contributed by atoms with van der Waals surface area (Å²) in [7, 11) is -4.01. The molecule has 39 heavy (non-hydrogen) atoms. The Morgan fingerprint density at radius 2 is 1.72 bits per heavy atom. The molecule has 3 aromatic rings. The van der Waals surface area contributed by atoms with Crippen molar-refractivity contribution in [2.75, 3.05) is 29.9 Å². The Labute approximate surface area is 233 Å². The molecule has 3 aromatic carbocycles. The summed E-state index contributed by atoms with van der Waals surface area (Å²) in [5, 5.41) is 3.26. The van der Waals surface area contributed by atoms with Gasteiger partial charge in [0.25, 0.3) is 5.91 Å². The first-order valence-electron chi connectivity index (χ1n) is 12.6. The number of carbonyl (C=O) groups is 2. The first-order valence-corrected chi connectivity index (χ1v) is 14.4. The van der Waals surface area contributed by atoms with Gasteiger partial charge in [-0.1, -0.05) is 41.9 Å². The van der Waals surface area contributed by atoms with E-state index >= 15 is 0 Å². The molecule has 0 saturated carbocycles. The van der Waals surface area contributed by atoms with Crippen LogP contribution in [0.3, 0.4) is 0 Å². The average molecular weight is 571 g/mol. The number of nitrogens with one attached hydrogen (secondary N) is 2. The average Bonchev–Trinajstić information content (AvgIpc) is 2.93. The van der Waals surface area contributed by atoms with Gasteiger partial charge in [0.2, 0.25) is 15.9 Å². The lowest BCUT2D eigenvalue weighted by Crippen LogP contribution is -2.39. The van der Waals surface area contributed by atoms with Crippen molar-refractivity contribution >= 4 is 44.8 Å². The number of benzene rings is 3. The third kappa shape index (κ3) is 7.50. The van der Waals surface area contributed by atoms with Crippen molar-refractivity contribution in [1.29, 1.82) is 0 Å². The molecule has 1 saturated heterocycles. The highest BCUT2D eigenvalue weighted by Gasteiger charge is 2.29. The van der Waals surface area contributed by atoms with Crippen LogP contribution in [0.4, 0.5) is 11.4 Å². The van der Waals surface area contributed by atoms with E-state index in [0.717, 1.165) is 5.56 Å². The van der Waals surface area contributed by atoms with Crippen LogP contribution >= 0.6 is 11.6 Å². The lowest BCUT2D eigenvalue weighted by molar-refractivity contribution is -0.122. The van der Waals surface area contributed by atoms with Crippen molar-refractivity contribution in [1.82, 2.24) is 4.72 Å². The molecule has 4 N–H and O–H groups in total. The molecular formula is C28H31ClN4O5S. The van der Waals surface area contributed by atoms with Crippen molar-refractivity contribution in [3.63, 3.8) is 0 Å². The van der Waals surface area contributed by atoms with Gasteiger partial charge in [0.15, 0.2) is 6.61 Å². The van der Waals surface area contributed by atoms with E-state index in [-0.39, 0.29) is 23.3 Å². The maximum absolute atomic E-state index is 13.7. The smallest absolute Gasteiger partial charge is 0.262 e. The molecule has 0 aliphatic carbocycles. The van der Waals surface area contributed by atoms with E-state index in [1.54, 1.807) is 43.3 Å². The third-order valence-corrected chi connectivity index (χ3v) is 8.41. The normalized spacial score (nSPS) is 15.0. The molecule has 0 bridgehead atoms. The van der Waals surface area contributed by atoms with Crippen LogP contribution in [0.5, 0.6) is 5.75 Å². The molecule has 1 heterocycles. The zero-order valence-electron chi connectivity index (χ0n) is 21.5. The molecule has 1 fully saturated rings. The van der Waals surface area contributed by atoms with Crippen molar-refractivity contribution in [3.8, 4) is 5.75 Å². The van der Waals surface area contributed by atoms with Crippen molar-refractivity contribution in [2.24, 2.45) is 11.7 Å². The highest BCUT2D eigenvalue weighted by atomic mass is 35.5. The van der Waals surface area contributed by atoms with Gasteiger partial charge >= 0.3 is 0 Å². The quantitative estimate of drug-likeness (QED) is 0.336. The van der Waals surface area contributed by atoms with E-state index in [2.05, 4.69) is 10.0 Å². The van der Waals surface area contributed by atoms with Gasteiger partial charge < -0.3 is 20.7 Å². The number of anilines is 2. The Morgan fingerprint density at radius 1 is 1.05 bits per heavy atom. The predicted molar refractivity (Wildman–Crippen MR) is 151 cm³/mol. The van der Waals surface area contributed by atoms with Gasteiger partial charge in [-0.15, -0.1) is 0 Å². The van der Waals surface area contributed by atoms with Gasteiger partial charge in [-0.2, -0.15) is 0 Å². The molecular weight excluding hydrogens is 540 g/mol. The molecule has 0 aromatic heterocycles. The number of nitrogens with two attached hydrogens (primary N) is 1. The Hall–Kier alpha value is -3.60. The van der Waals surface area contributed by atoms with Crippen LogP contribution in [0, 0.1) is 5.92 Å². The van der Waals surface area contributed by atoms with Crippen molar-refractivity contribution in [3.05, 3.63) is 83.4 Å². The number of sulfonamides is 1. The van der Waals surface area contributed by atoms with Crippen LogP contribution in [0.2, 0.25) is 5.02 Å². The lowest BCUT2D eigenvalue weighted by atomic mass is 9.96. The molecule has 1 aliphatic rings. The topological polar surface area (TPSA) is 131 Å². The molecule has 2 amide bonds. The Balaban J connectivity index is 1.56. The van der Waals surface area contributed by atoms with Crippen LogP contribution in [0.1, 0.15) is 31.4 Å². The van der Waals surface area contributed by atoms with Crippen LogP contribution in [0.25, 0.3) is 0 Å². The first kappa shape index (κ1) is 28.4. The van der Waals surface area contributed by atoms with Gasteiger partial charge in [0, 0.05) is 35.8 Å². The summed E-state index contributed by atoms with van der Waals surface area (Å²) in [6.45, 7) is 2.45. The fourth-order valence-electron chi connectivity index (χ4n) is 4.46. The molecule has 0 spiro atoms. The zero-order chi connectivity index (χ0) is 28.0. The molecule has 0 unspecified atom stereocenters. The summed E-state index contributed by atoms with van der Waals surface area (Å²) in [5.74, 6) is -0.558. The molecule has 1 aliphatic heterocycles. The van der Waals surface area contributed by atoms with Crippen LogP contribution in [0.15, 0.2) is 77.7 Å². The van der Waals surface area contributed by atoms with Crippen LogP contribution in [-0.4, -0.2) is 39.9 Å². The molecule has 4 rings (SSSR count). The maximum atomic E-state index is 13.7. The highest BCUT2D eigenvalue weighted by Crippen LogP contribution is 2.32. The Kier molecular flexibility index (Phi) is 9.11. The maximum Gasteiger partial charge on any atom is 0.262 e. The molecule has 1 atom stereocenters. The number of halogens is 1. The first-order chi connectivity index (χ1) is 18.6. The van der Waals surface area contributed by atoms with Crippen LogP contribution in [-0.2, 0) is 19.6 Å². The van der Waals surface area contributed by atoms with E-state index < -0.39 is 22.0 Å². The molecule has 206 valence electrons. The fourth-order valence-corrected chi connectivity index (χ4v) is 6.07. The van der Waals surface area contributed by atoms with E-state index in [0.29, 0.717) is 48.1 Å². The second-order valence-electron chi connectivity index (χ2n) is 9.39. The number of hydrogen-bond acceptors (Lipinski definition) is 6. The number of primary amides is 1. The Bertz CT molecular complexity index is 1410. The van der Waals surface area contributed by atoms with Crippen molar-refractivity contribution < 1.29 is 22.7 Å².